The van der Waals surface area contributed by atoms with Gasteiger partial charge in [0.05, 0.1) is 0 Å². The molecule has 3 nitrogen and oxygen atoms in total. The van der Waals surface area contributed by atoms with Crippen molar-refractivity contribution in [2.45, 2.75) is 66.7 Å². The minimum atomic E-state index is 0.0162. The van der Waals surface area contributed by atoms with Gasteiger partial charge in [-0.3, -0.25) is 0 Å². The zero-order chi connectivity index (χ0) is 15.3. The zero-order valence-electron chi connectivity index (χ0n) is 14.3. The Hall–Kier alpha value is -0.960. The Morgan fingerprint density at radius 2 is 1.65 bits per heavy atom. The fraction of sp³-hybridized carbons (Fsp3) is 0.765. The third kappa shape index (κ3) is 4.86. The highest BCUT2D eigenvalue weighted by atomic mass is 14.9. The lowest BCUT2D eigenvalue weighted by Crippen LogP contribution is -2.24. The van der Waals surface area contributed by atoms with Gasteiger partial charge in [0.2, 0.25) is 0 Å². The van der Waals surface area contributed by atoms with Gasteiger partial charge < -0.3 is 5.32 Å². The Morgan fingerprint density at radius 1 is 1.10 bits per heavy atom. The SMILES string of the molecule is CCCNCC(C)Cc1c(C)nc(C(C)(C)C)nc1C. The summed E-state index contributed by atoms with van der Waals surface area (Å²) in [5.41, 5.74) is 3.63. The predicted octanol–water partition coefficient (Wildman–Crippen LogP) is 3.57. The fourth-order valence-corrected chi connectivity index (χ4v) is 2.32. The van der Waals surface area contributed by atoms with E-state index in [-0.39, 0.29) is 5.41 Å². The second-order valence-corrected chi connectivity index (χ2v) is 6.96. The van der Waals surface area contributed by atoms with Crippen LogP contribution in [-0.4, -0.2) is 23.1 Å². The van der Waals surface area contributed by atoms with Crippen LogP contribution in [0.15, 0.2) is 0 Å². The van der Waals surface area contributed by atoms with Crippen LogP contribution in [0.5, 0.6) is 0 Å². The topological polar surface area (TPSA) is 37.8 Å². The van der Waals surface area contributed by atoms with E-state index in [9.17, 15) is 0 Å². The molecule has 3 heteroatoms. The molecule has 1 heterocycles. The van der Waals surface area contributed by atoms with E-state index < -0.39 is 0 Å². The van der Waals surface area contributed by atoms with Gasteiger partial charge in [-0.15, -0.1) is 0 Å². The van der Waals surface area contributed by atoms with E-state index in [0.29, 0.717) is 5.92 Å². The Bertz CT molecular complexity index is 409. The van der Waals surface area contributed by atoms with Crippen LogP contribution in [0.25, 0.3) is 0 Å². The first-order valence-corrected chi connectivity index (χ1v) is 7.81. The molecule has 0 aliphatic rings. The van der Waals surface area contributed by atoms with Crippen LogP contribution >= 0.6 is 0 Å². The molecule has 1 unspecified atom stereocenters. The number of aromatic nitrogens is 2. The smallest absolute Gasteiger partial charge is 0.134 e. The Labute approximate surface area is 124 Å². The fourth-order valence-electron chi connectivity index (χ4n) is 2.32. The van der Waals surface area contributed by atoms with Crippen molar-refractivity contribution in [3.8, 4) is 0 Å². The van der Waals surface area contributed by atoms with Gasteiger partial charge in [-0.1, -0.05) is 34.6 Å². The van der Waals surface area contributed by atoms with E-state index in [4.69, 9.17) is 9.97 Å². The molecular formula is C17H31N3. The normalized spacial score (nSPS) is 13.6. The molecule has 0 saturated heterocycles. The highest BCUT2D eigenvalue weighted by molar-refractivity contribution is 5.26. The molecular weight excluding hydrogens is 246 g/mol. The summed E-state index contributed by atoms with van der Waals surface area (Å²) in [7, 11) is 0. The quantitative estimate of drug-likeness (QED) is 0.808. The molecule has 0 aliphatic heterocycles. The van der Waals surface area contributed by atoms with Gasteiger partial charge in [-0.05, 0) is 51.3 Å². The summed E-state index contributed by atoms with van der Waals surface area (Å²) in [6, 6.07) is 0. The second-order valence-electron chi connectivity index (χ2n) is 6.96. The molecule has 114 valence electrons. The number of nitrogens with zero attached hydrogens (tertiary/aromatic N) is 2. The first-order chi connectivity index (χ1) is 9.25. The van der Waals surface area contributed by atoms with Crippen LogP contribution in [0, 0.1) is 19.8 Å². The molecule has 0 amide bonds. The molecule has 0 bridgehead atoms. The maximum Gasteiger partial charge on any atom is 0.134 e. The van der Waals surface area contributed by atoms with E-state index >= 15 is 0 Å². The predicted molar refractivity (Wildman–Crippen MR) is 86.2 cm³/mol. The van der Waals surface area contributed by atoms with Crippen LogP contribution in [0.4, 0.5) is 0 Å². The van der Waals surface area contributed by atoms with Crippen molar-refractivity contribution in [3.63, 3.8) is 0 Å². The van der Waals surface area contributed by atoms with Gasteiger partial charge in [0.25, 0.3) is 0 Å². The Morgan fingerprint density at radius 3 is 2.10 bits per heavy atom. The minimum absolute atomic E-state index is 0.0162. The lowest BCUT2D eigenvalue weighted by Gasteiger charge is -2.21. The minimum Gasteiger partial charge on any atom is -0.316 e. The molecule has 1 rings (SSSR count). The summed E-state index contributed by atoms with van der Waals surface area (Å²) in [5, 5.41) is 3.49. The molecule has 0 aromatic carbocycles. The van der Waals surface area contributed by atoms with Gasteiger partial charge in [0.1, 0.15) is 5.82 Å². The average Bonchev–Trinajstić information content (AvgIpc) is 2.32. The highest BCUT2D eigenvalue weighted by Crippen LogP contribution is 2.22. The van der Waals surface area contributed by atoms with E-state index in [1.54, 1.807) is 0 Å². The molecule has 0 radical (unpaired) electrons. The molecule has 0 aliphatic carbocycles. The summed E-state index contributed by atoms with van der Waals surface area (Å²) >= 11 is 0. The van der Waals surface area contributed by atoms with Gasteiger partial charge in [-0.25, -0.2) is 9.97 Å². The van der Waals surface area contributed by atoms with Gasteiger partial charge >= 0.3 is 0 Å². The van der Waals surface area contributed by atoms with Crippen LogP contribution in [0.1, 0.15) is 63.8 Å². The maximum absolute atomic E-state index is 4.72. The van der Waals surface area contributed by atoms with Crippen molar-refractivity contribution in [1.29, 1.82) is 0 Å². The summed E-state index contributed by atoms with van der Waals surface area (Å²) in [6.45, 7) is 17.4. The lowest BCUT2D eigenvalue weighted by molar-refractivity contribution is 0.501. The highest BCUT2D eigenvalue weighted by Gasteiger charge is 2.20. The molecule has 20 heavy (non-hydrogen) atoms. The molecule has 0 saturated carbocycles. The van der Waals surface area contributed by atoms with Crippen molar-refractivity contribution >= 4 is 0 Å². The summed E-state index contributed by atoms with van der Waals surface area (Å²) in [4.78, 5) is 9.45. The zero-order valence-corrected chi connectivity index (χ0v) is 14.3. The number of rotatable bonds is 6. The van der Waals surface area contributed by atoms with Crippen LogP contribution < -0.4 is 5.32 Å². The van der Waals surface area contributed by atoms with E-state index in [0.717, 1.165) is 36.7 Å². The molecule has 1 aromatic rings. The Kier molecular flexibility index (Phi) is 6.12. The third-order valence-corrected chi connectivity index (χ3v) is 3.56. The summed E-state index contributed by atoms with van der Waals surface area (Å²) in [6.07, 6.45) is 2.24. The molecule has 1 atom stereocenters. The number of nitrogens with one attached hydrogen (secondary N) is 1. The van der Waals surface area contributed by atoms with E-state index in [1.165, 1.54) is 12.0 Å². The molecule has 0 fully saturated rings. The van der Waals surface area contributed by atoms with Gasteiger partial charge in [0.15, 0.2) is 0 Å². The van der Waals surface area contributed by atoms with Crippen LogP contribution in [0.2, 0.25) is 0 Å². The number of hydrogen-bond acceptors (Lipinski definition) is 3. The van der Waals surface area contributed by atoms with Crippen molar-refractivity contribution < 1.29 is 0 Å². The van der Waals surface area contributed by atoms with Crippen molar-refractivity contribution in [2.75, 3.05) is 13.1 Å². The number of hydrogen-bond donors (Lipinski definition) is 1. The van der Waals surface area contributed by atoms with Gasteiger partial charge in [-0.2, -0.15) is 0 Å². The van der Waals surface area contributed by atoms with Crippen LogP contribution in [-0.2, 0) is 11.8 Å². The van der Waals surface area contributed by atoms with Gasteiger partial charge in [0, 0.05) is 16.8 Å². The average molecular weight is 277 g/mol. The largest absolute Gasteiger partial charge is 0.316 e. The number of aryl methyl sites for hydroxylation is 2. The first-order valence-electron chi connectivity index (χ1n) is 7.81. The van der Waals surface area contributed by atoms with Crippen molar-refractivity contribution in [2.24, 2.45) is 5.92 Å². The van der Waals surface area contributed by atoms with Crippen molar-refractivity contribution in [1.82, 2.24) is 15.3 Å². The van der Waals surface area contributed by atoms with E-state index in [1.807, 2.05) is 0 Å². The van der Waals surface area contributed by atoms with Crippen molar-refractivity contribution in [3.05, 3.63) is 22.8 Å². The van der Waals surface area contributed by atoms with Crippen LogP contribution in [0.3, 0.4) is 0 Å². The summed E-state index contributed by atoms with van der Waals surface area (Å²) in [5.74, 6) is 1.57. The first kappa shape index (κ1) is 17.1. The summed E-state index contributed by atoms with van der Waals surface area (Å²) < 4.78 is 0. The monoisotopic (exact) mass is 277 g/mol. The maximum atomic E-state index is 4.72. The second kappa shape index (κ2) is 7.16. The Balaban J connectivity index is 2.81. The van der Waals surface area contributed by atoms with E-state index in [2.05, 4.69) is 53.8 Å². The molecule has 0 spiro atoms. The molecule has 1 N–H and O–H groups in total. The standard InChI is InChI=1S/C17H31N3/c1-8-9-18-11-12(2)10-15-13(3)19-16(17(5,6)7)20-14(15)4/h12,18H,8-11H2,1-7H3. The molecule has 1 aromatic heterocycles. The lowest BCUT2D eigenvalue weighted by atomic mass is 9.93. The third-order valence-electron chi connectivity index (χ3n) is 3.56.